The molecule has 3 nitrogen and oxygen atoms in total. The van der Waals surface area contributed by atoms with Crippen LogP contribution in [0.3, 0.4) is 0 Å². The second-order valence-corrected chi connectivity index (χ2v) is 5.36. The third kappa shape index (κ3) is 1.66. The van der Waals surface area contributed by atoms with E-state index in [1.807, 2.05) is 0 Å². The summed E-state index contributed by atoms with van der Waals surface area (Å²) in [6.45, 7) is 0. The van der Waals surface area contributed by atoms with Gasteiger partial charge in [0.05, 0.1) is 10.9 Å². The number of halogens is 2. The summed E-state index contributed by atoms with van der Waals surface area (Å²) < 4.78 is 16.0. The van der Waals surface area contributed by atoms with Gasteiger partial charge in [0.2, 0.25) is 0 Å². The van der Waals surface area contributed by atoms with Crippen LogP contribution in [0.1, 0.15) is 18.9 Å². The van der Waals surface area contributed by atoms with E-state index in [2.05, 4.69) is 20.9 Å². The molecule has 6 heteroatoms. The standard InChI is InChI=1S/C11H8BrFN2OS/c12-6-3-4-7(13)9-8(6)10(16)15(5-1-2-5)11(17)14-9/h3-5H,1-2H2,(H,14,17). The van der Waals surface area contributed by atoms with Crippen LogP contribution in [-0.2, 0) is 0 Å². The molecule has 88 valence electrons. The summed E-state index contributed by atoms with van der Waals surface area (Å²) in [4.78, 5) is 15.1. The van der Waals surface area contributed by atoms with Crippen LogP contribution >= 0.6 is 28.1 Å². The van der Waals surface area contributed by atoms with Crippen molar-refractivity contribution in [3.63, 3.8) is 0 Å². The van der Waals surface area contributed by atoms with E-state index in [9.17, 15) is 9.18 Å². The van der Waals surface area contributed by atoms with E-state index in [1.165, 1.54) is 12.1 Å². The average molecular weight is 315 g/mol. The van der Waals surface area contributed by atoms with Gasteiger partial charge in [0.25, 0.3) is 5.56 Å². The van der Waals surface area contributed by atoms with Crippen molar-refractivity contribution in [1.29, 1.82) is 0 Å². The van der Waals surface area contributed by atoms with Crippen LogP contribution in [0.2, 0.25) is 0 Å². The number of aromatic amines is 1. The Morgan fingerprint density at radius 1 is 1.47 bits per heavy atom. The molecule has 0 spiro atoms. The summed E-state index contributed by atoms with van der Waals surface area (Å²) in [5.41, 5.74) is -0.0519. The Morgan fingerprint density at radius 3 is 2.82 bits per heavy atom. The number of rotatable bonds is 1. The second kappa shape index (κ2) is 3.74. The molecule has 1 N–H and O–H groups in total. The van der Waals surface area contributed by atoms with Gasteiger partial charge in [-0.3, -0.25) is 9.36 Å². The van der Waals surface area contributed by atoms with Gasteiger partial charge in [-0.05, 0) is 53.1 Å². The molecule has 1 fully saturated rings. The molecule has 0 radical (unpaired) electrons. The van der Waals surface area contributed by atoms with Crippen LogP contribution in [0.4, 0.5) is 4.39 Å². The molecule has 3 rings (SSSR count). The lowest BCUT2D eigenvalue weighted by molar-refractivity contribution is 0.630. The minimum atomic E-state index is -0.464. The first-order valence-corrected chi connectivity index (χ1v) is 6.42. The lowest BCUT2D eigenvalue weighted by Gasteiger charge is -2.08. The maximum atomic E-state index is 13.6. The van der Waals surface area contributed by atoms with Crippen LogP contribution in [0.25, 0.3) is 10.9 Å². The Labute approximate surface area is 109 Å². The molecule has 1 aromatic carbocycles. The highest BCUT2D eigenvalue weighted by atomic mass is 79.9. The Hall–Kier alpha value is -1.01. The van der Waals surface area contributed by atoms with Gasteiger partial charge in [-0.2, -0.15) is 0 Å². The number of hydrogen-bond acceptors (Lipinski definition) is 2. The highest BCUT2D eigenvalue weighted by molar-refractivity contribution is 9.10. The molecule has 17 heavy (non-hydrogen) atoms. The van der Waals surface area contributed by atoms with Gasteiger partial charge in [-0.1, -0.05) is 0 Å². The minimum absolute atomic E-state index is 0.172. The van der Waals surface area contributed by atoms with E-state index in [4.69, 9.17) is 12.2 Å². The van der Waals surface area contributed by atoms with Crippen molar-refractivity contribution in [2.24, 2.45) is 0 Å². The van der Waals surface area contributed by atoms with E-state index in [0.717, 1.165) is 12.8 Å². The molecule has 0 bridgehead atoms. The highest BCUT2D eigenvalue weighted by Crippen LogP contribution is 2.34. The first kappa shape index (κ1) is 11.1. The fraction of sp³-hybridized carbons (Fsp3) is 0.273. The topological polar surface area (TPSA) is 37.8 Å². The number of nitrogens with zero attached hydrogens (tertiary/aromatic N) is 1. The maximum absolute atomic E-state index is 13.6. The number of benzene rings is 1. The Kier molecular flexibility index (Phi) is 2.45. The molecule has 1 aliphatic carbocycles. The SMILES string of the molecule is O=c1c2c(Br)ccc(F)c2[nH]c(=S)n1C1CC1. The number of fused-ring (bicyclic) bond motifs is 1. The minimum Gasteiger partial charge on any atom is -0.329 e. The maximum Gasteiger partial charge on any atom is 0.263 e. The van der Waals surface area contributed by atoms with Gasteiger partial charge >= 0.3 is 0 Å². The predicted octanol–water partition coefficient (Wildman–Crippen LogP) is 3.30. The number of H-pyrrole nitrogens is 1. The molecular formula is C11H8BrFN2OS. The Morgan fingerprint density at radius 2 is 2.18 bits per heavy atom. The molecule has 1 saturated carbocycles. The predicted molar refractivity (Wildman–Crippen MR) is 69.3 cm³/mol. The molecule has 0 amide bonds. The van der Waals surface area contributed by atoms with Gasteiger partial charge in [0, 0.05) is 10.5 Å². The van der Waals surface area contributed by atoms with Crippen molar-refractivity contribution >= 4 is 39.1 Å². The Bertz CT molecular complexity index is 733. The molecule has 1 heterocycles. The van der Waals surface area contributed by atoms with Crippen molar-refractivity contribution in [1.82, 2.24) is 9.55 Å². The van der Waals surface area contributed by atoms with Gasteiger partial charge < -0.3 is 4.98 Å². The van der Waals surface area contributed by atoms with Crippen LogP contribution in [-0.4, -0.2) is 9.55 Å². The van der Waals surface area contributed by atoms with Gasteiger partial charge in [-0.25, -0.2) is 4.39 Å². The molecule has 1 aromatic heterocycles. The summed E-state index contributed by atoms with van der Waals surface area (Å²) in [6, 6.07) is 3.01. The molecule has 1 aliphatic rings. The third-order valence-electron chi connectivity index (χ3n) is 2.90. The summed E-state index contributed by atoms with van der Waals surface area (Å²) in [7, 11) is 0. The zero-order valence-electron chi connectivity index (χ0n) is 8.67. The Balaban J connectivity index is 2.53. The summed E-state index contributed by atoms with van der Waals surface area (Å²) >= 11 is 8.39. The van der Waals surface area contributed by atoms with Crippen molar-refractivity contribution in [3.8, 4) is 0 Å². The average Bonchev–Trinajstić information content (AvgIpc) is 3.07. The smallest absolute Gasteiger partial charge is 0.263 e. The molecule has 0 saturated heterocycles. The molecular weight excluding hydrogens is 307 g/mol. The lowest BCUT2D eigenvalue weighted by atomic mass is 10.2. The number of aromatic nitrogens is 2. The first-order valence-electron chi connectivity index (χ1n) is 5.22. The summed E-state index contributed by atoms with van der Waals surface area (Å²) in [5, 5.41) is 0.325. The van der Waals surface area contributed by atoms with Gasteiger partial charge in [0.1, 0.15) is 5.82 Å². The van der Waals surface area contributed by atoms with Crippen molar-refractivity contribution < 1.29 is 4.39 Å². The highest BCUT2D eigenvalue weighted by Gasteiger charge is 2.27. The lowest BCUT2D eigenvalue weighted by Crippen LogP contribution is -2.21. The largest absolute Gasteiger partial charge is 0.329 e. The van der Waals surface area contributed by atoms with Crippen molar-refractivity contribution in [2.75, 3.05) is 0 Å². The monoisotopic (exact) mass is 314 g/mol. The van der Waals surface area contributed by atoms with E-state index < -0.39 is 5.82 Å². The quantitative estimate of drug-likeness (QED) is 0.820. The fourth-order valence-corrected chi connectivity index (χ4v) is 2.76. The van der Waals surface area contributed by atoms with Crippen LogP contribution < -0.4 is 5.56 Å². The summed E-state index contributed by atoms with van der Waals surface area (Å²) in [6.07, 6.45) is 1.91. The fourth-order valence-electron chi connectivity index (χ4n) is 1.93. The van der Waals surface area contributed by atoms with Gasteiger partial charge in [-0.15, -0.1) is 0 Å². The molecule has 0 atom stereocenters. The van der Waals surface area contributed by atoms with Crippen LogP contribution in [0, 0.1) is 10.6 Å². The van der Waals surface area contributed by atoms with E-state index in [0.29, 0.717) is 14.6 Å². The number of hydrogen-bond donors (Lipinski definition) is 1. The zero-order valence-corrected chi connectivity index (χ0v) is 11.1. The first-order chi connectivity index (χ1) is 8.09. The van der Waals surface area contributed by atoms with Crippen LogP contribution in [0.5, 0.6) is 0 Å². The van der Waals surface area contributed by atoms with E-state index in [1.54, 1.807) is 4.57 Å². The van der Waals surface area contributed by atoms with Gasteiger partial charge in [0.15, 0.2) is 4.77 Å². The molecule has 2 aromatic rings. The molecule has 0 aliphatic heterocycles. The third-order valence-corrected chi connectivity index (χ3v) is 3.86. The number of nitrogens with one attached hydrogen (secondary N) is 1. The van der Waals surface area contributed by atoms with E-state index >= 15 is 0 Å². The van der Waals surface area contributed by atoms with Crippen molar-refractivity contribution in [3.05, 3.63) is 37.5 Å². The zero-order chi connectivity index (χ0) is 12.2. The normalized spacial score (nSPS) is 15.4. The van der Waals surface area contributed by atoms with E-state index in [-0.39, 0.29) is 17.1 Å². The molecule has 0 unspecified atom stereocenters. The van der Waals surface area contributed by atoms with Crippen molar-refractivity contribution in [2.45, 2.75) is 18.9 Å². The van der Waals surface area contributed by atoms with Crippen LogP contribution in [0.15, 0.2) is 21.4 Å². The second-order valence-electron chi connectivity index (χ2n) is 4.12. The summed E-state index contributed by atoms with van der Waals surface area (Å²) in [5.74, 6) is -0.464.